The predicted molar refractivity (Wildman–Crippen MR) is 66.2 cm³/mol. The summed E-state index contributed by atoms with van der Waals surface area (Å²) in [4.78, 5) is 0. The monoisotopic (exact) mass is 312 g/mol. The van der Waals surface area contributed by atoms with Gasteiger partial charge >= 0.3 is 102 Å². The SMILES string of the molecule is C(#CC1=CCCCC1)[Te]c1ccccc1. The van der Waals surface area contributed by atoms with Crippen LogP contribution in [0, 0.1) is 9.89 Å². The molecule has 15 heavy (non-hydrogen) atoms. The second kappa shape index (κ2) is 6.02. The summed E-state index contributed by atoms with van der Waals surface area (Å²) in [7, 11) is 0. The van der Waals surface area contributed by atoms with Gasteiger partial charge in [0.2, 0.25) is 0 Å². The zero-order valence-electron chi connectivity index (χ0n) is 8.70. The Bertz CT molecular complexity index is 392. The van der Waals surface area contributed by atoms with Crippen molar-refractivity contribution < 1.29 is 0 Å². The van der Waals surface area contributed by atoms with Crippen molar-refractivity contribution >= 4 is 24.5 Å². The first-order valence-corrected chi connectivity index (χ1v) is 7.70. The second-order valence-corrected chi connectivity index (χ2v) is 6.13. The van der Waals surface area contributed by atoms with Gasteiger partial charge in [0, 0.05) is 0 Å². The minimum atomic E-state index is -0.280. The average Bonchev–Trinajstić information content (AvgIpc) is 2.32. The fourth-order valence-electron chi connectivity index (χ4n) is 1.59. The Morgan fingerprint density at radius 3 is 2.67 bits per heavy atom. The Kier molecular flexibility index (Phi) is 4.34. The van der Waals surface area contributed by atoms with Gasteiger partial charge in [0.05, 0.1) is 0 Å². The Morgan fingerprint density at radius 1 is 1.07 bits per heavy atom. The van der Waals surface area contributed by atoms with E-state index in [4.69, 9.17) is 0 Å². The fourth-order valence-corrected chi connectivity index (χ4v) is 3.28. The van der Waals surface area contributed by atoms with E-state index >= 15 is 0 Å². The zero-order chi connectivity index (χ0) is 10.3. The molecule has 1 aromatic rings. The third-order valence-electron chi connectivity index (χ3n) is 2.41. The maximum absolute atomic E-state index is 3.38. The molecule has 0 bridgehead atoms. The molecule has 0 atom stereocenters. The van der Waals surface area contributed by atoms with Crippen LogP contribution in [-0.2, 0) is 0 Å². The van der Waals surface area contributed by atoms with Crippen LogP contribution < -0.4 is 3.61 Å². The molecule has 1 heteroatoms. The predicted octanol–water partition coefficient (Wildman–Crippen LogP) is 2.48. The number of hydrogen-bond acceptors (Lipinski definition) is 0. The summed E-state index contributed by atoms with van der Waals surface area (Å²) in [6.07, 6.45) is 7.42. The van der Waals surface area contributed by atoms with E-state index in [0.29, 0.717) is 0 Å². The van der Waals surface area contributed by atoms with E-state index in [-0.39, 0.29) is 20.9 Å². The van der Waals surface area contributed by atoms with Crippen molar-refractivity contribution in [1.82, 2.24) is 0 Å². The normalized spacial score (nSPS) is 15.1. The summed E-state index contributed by atoms with van der Waals surface area (Å²) in [6, 6.07) is 10.6. The third kappa shape index (κ3) is 3.75. The van der Waals surface area contributed by atoms with Gasteiger partial charge in [-0.2, -0.15) is 0 Å². The average molecular weight is 310 g/mol. The minimum absolute atomic E-state index is 0.280. The van der Waals surface area contributed by atoms with Gasteiger partial charge < -0.3 is 0 Å². The molecule has 0 fully saturated rings. The molecule has 0 aliphatic heterocycles. The van der Waals surface area contributed by atoms with E-state index in [9.17, 15) is 0 Å². The van der Waals surface area contributed by atoms with Crippen LogP contribution in [0.1, 0.15) is 25.7 Å². The second-order valence-electron chi connectivity index (χ2n) is 3.62. The van der Waals surface area contributed by atoms with Crippen molar-refractivity contribution in [2.75, 3.05) is 0 Å². The van der Waals surface area contributed by atoms with Gasteiger partial charge in [-0.3, -0.25) is 0 Å². The van der Waals surface area contributed by atoms with Crippen LogP contribution in [0.5, 0.6) is 0 Å². The van der Waals surface area contributed by atoms with Crippen molar-refractivity contribution in [2.24, 2.45) is 0 Å². The first-order valence-electron chi connectivity index (χ1n) is 5.37. The summed E-state index contributed by atoms with van der Waals surface area (Å²) < 4.78 is 4.82. The number of benzene rings is 1. The number of allylic oxidation sites excluding steroid dienone is 2. The van der Waals surface area contributed by atoms with Gasteiger partial charge in [-0.05, 0) is 0 Å². The van der Waals surface area contributed by atoms with Gasteiger partial charge in [0.25, 0.3) is 0 Å². The Morgan fingerprint density at radius 2 is 1.93 bits per heavy atom. The number of hydrogen-bond donors (Lipinski definition) is 0. The first-order chi connectivity index (χ1) is 7.45. The number of rotatable bonds is 1. The molecule has 0 saturated carbocycles. The van der Waals surface area contributed by atoms with Gasteiger partial charge in [-0.1, -0.05) is 0 Å². The summed E-state index contributed by atoms with van der Waals surface area (Å²) in [5.74, 6) is 3.34. The molecule has 0 amide bonds. The molecule has 0 N–H and O–H groups in total. The molecule has 0 aromatic heterocycles. The molecular formula is C14H14Te. The fraction of sp³-hybridized carbons (Fsp3) is 0.286. The van der Waals surface area contributed by atoms with Crippen LogP contribution in [-0.4, -0.2) is 20.9 Å². The topological polar surface area (TPSA) is 0 Å². The molecule has 0 unspecified atom stereocenters. The van der Waals surface area contributed by atoms with Crippen LogP contribution >= 0.6 is 0 Å². The molecule has 2 rings (SSSR count). The van der Waals surface area contributed by atoms with E-state index < -0.39 is 0 Å². The van der Waals surface area contributed by atoms with Crippen molar-refractivity contribution in [2.45, 2.75) is 25.7 Å². The summed E-state index contributed by atoms with van der Waals surface area (Å²) in [5, 5.41) is 0. The van der Waals surface area contributed by atoms with Crippen molar-refractivity contribution in [3.63, 3.8) is 0 Å². The molecule has 0 nitrogen and oxygen atoms in total. The van der Waals surface area contributed by atoms with Crippen molar-refractivity contribution in [1.29, 1.82) is 0 Å². The van der Waals surface area contributed by atoms with Crippen molar-refractivity contribution in [3.05, 3.63) is 42.0 Å². The van der Waals surface area contributed by atoms with Crippen LogP contribution in [0.3, 0.4) is 0 Å². The van der Waals surface area contributed by atoms with Gasteiger partial charge in [0.15, 0.2) is 0 Å². The molecule has 1 aliphatic rings. The van der Waals surface area contributed by atoms with Crippen LogP contribution in [0.25, 0.3) is 0 Å². The molecule has 0 radical (unpaired) electrons. The zero-order valence-corrected chi connectivity index (χ0v) is 11.0. The van der Waals surface area contributed by atoms with Crippen LogP contribution in [0.15, 0.2) is 42.0 Å². The van der Waals surface area contributed by atoms with Crippen LogP contribution in [0.4, 0.5) is 0 Å². The summed E-state index contributed by atoms with van der Waals surface area (Å²) >= 11 is -0.280. The maximum atomic E-state index is 3.38. The van der Waals surface area contributed by atoms with E-state index in [1.807, 2.05) is 0 Å². The van der Waals surface area contributed by atoms with Crippen LogP contribution in [0.2, 0.25) is 0 Å². The molecule has 1 aliphatic carbocycles. The van der Waals surface area contributed by atoms with E-state index in [1.54, 1.807) is 0 Å². The first kappa shape index (κ1) is 10.8. The van der Waals surface area contributed by atoms with E-state index in [2.05, 4.69) is 46.3 Å². The standard InChI is InChI=1S/C14H14Te/c1-3-7-13(8-4-1)11-12-15-14-9-5-2-6-10-14/h2,5-7,9-10H,1,3-4,8H2. The molecular weight excluding hydrogens is 296 g/mol. The van der Waals surface area contributed by atoms with E-state index in [1.165, 1.54) is 34.9 Å². The van der Waals surface area contributed by atoms with Crippen molar-refractivity contribution in [3.8, 4) is 9.89 Å². The van der Waals surface area contributed by atoms with Gasteiger partial charge in [0.1, 0.15) is 0 Å². The molecule has 0 spiro atoms. The van der Waals surface area contributed by atoms with E-state index in [0.717, 1.165) is 0 Å². The van der Waals surface area contributed by atoms with Gasteiger partial charge in [-0.25, -0.2) is 0 Å². The van der Waals surface area contributed by atoms with Gasteiger partial charge in [-0.15, -0.1) is 0 Å². The Labute approximate surface area is 102 Å². The third-order valence-corrected chi connectivity index (χ3v) is 4.45. The quantitative estimate of drug-likeness (QED) is 0.552. The summed E-state index contributed by atoms with van der Waals surface area (Å²) in [6.45, 7) is 0. The molecule has 1 aromatic carbocycles. The summed E-state index contributed by atoms with van der Waals surface area (Å²) in [5.41, 5.74) is 1.38. The Balaban J connectivity index is 1.93. The Hall–Kier alpha value is -0.690. The molecule has 0 heterocycles. The molecule has 76 valence electrons. The molecule has 0 saturated heterocycles.